The van der Waals surface area contributed by atoms with Crippen molar-refractivity contribution in [2.45, 2.75) is 20.3 Å². The molecule has 2 rings (SSSR count). The van der Waals surface area contributed by atoms with E-state index in [9.17, 15) is 9.59 Å². The standard InChI is InChI=1S/C22H26N4O3/c1-3-26(13-4-14-29-21-11-5-18(15-23)6-12-21)16-22(28)25-20-9-7-19(8-10-20)24-17(2)27/h5-12H,3-4,13-14,16H2,1-2H3,(H,24,27)(H,25,28). The third kappa shape index (κ3) is 8.03. The Morgan fingerprint density at radius 1 is 1.03 bits per heavy atom. The first-order valence-electron chi connectivity index (χ1n) is 9.53. The first kappa shape index (κ1) is 21.9. The van der Waals surface area contributed by atoms with E-state index in [4.69, 9.17) is 10.00 Å². The van der Waals surface area contributed by atoms with Gasteiger partial charge in [-0.05, 0) is 61.5 Å². The Bertz CT molecular complexity index is 842. The van der Waals surface area contributed by atoms with Crippen molar-refractivity contribution in [1.29, 1.82) is 5.26 Å². The number of nitrogens with one attached hydrogen (secondary N) is 2. The molecule has 0 aromatic heterocycles. The highest BCUT2D eigenvalue weighted by atomic mass is 16.5. The van der Waals surface area contributed by atoms with Crippen LogP contribution in [0.15, 0.2) is 48.5 Å². The summed E-state index contributed by atoms with van der Waals surface area (Å²) in [6.45, 7) is 5.78. The number of ether oxygens (including phenoxy) is 1. The minimum absolute atomic E-state index is 0.0906. The Kier molecular flexibility index (Phi) is 8.67. The lowest BCUT2D eigenvalue weighted by Gasteiger charge is -2.20. The number of anilines is 2. The molecule has 0 radical (unpaired) electrons. The lowest BCUT2D eigenvalue weighted by molar-refractivity contribution is -0.117. The summed E-state index contributed by atoms with van der Waals surface area (Å²) in [5.41, 5.74) is 1.97. The molecule has 0 bridgehead atoms. The summed E-state index contributed by atoms with van der Waals surface area (Å²) >= 11 is 0. The van der Waals surface area contributed by atoms with Crippen molar-refractivity contribution in [1.82, 2.24) is 4.90 Å². The number of hydrogen-bond acceptors (Lipinski definition) is 5. The lowest BCUT2D eigenvalue weighted by atomic mass is 10.2. The SMILES string of the molecule is CCN(CCCOc1ccc(C#N)cc1)CC(=O)Nc1ccc(NC(C)=O)cc1. The third-order valence-corrected chi connectivity index (χ3v) is 4.17. The summed E-state index contributed by atoms with van der Waals surface area (Å²) in [4.78, 5) is 25.4. The highest BCUT2D eigenvalue weighted by Gasteiger charge is 2.09. The molecule has 0 unspecified atom stereocenters. The summed E-state index contributed by atoms with van der Waals surface area (Å²) < 4.78 is 5.67. The van der Waals surface area contributed by atoms with Crippen LogP contribution in [0.4, 0.5) is 11.4 Å². The van der Waals surface area contributed by atoms with Gasteiger partial charge in [0.25, 0.3) is 0 Å². The smallest absolute Gasteiger partial charge is 0.238 e. The predicted octanol–water partition coefficient (Wildman–Crippen LogP) is 3.25. The molecule has 7 nitrogen and oxygen atoms in total. The molecule has 2 amide bonds. The van der Waals surface area contributed by atoms with E-state index in [0.717, 1.165) is 25.3 Å². The van der Waals surface area contributed by atoms with Crippen molar-refractivity contribution in [3.05, 3.63) is 54.1 Å². The molecule has 0 saturated carbocycles. The molecule has 0 saturated heterocycles. The quantitative estimate of drug-likeness (QED) is 0.603. The topological polar surface area (TPSA) is 94.5 Å². The van der Waals surface area contributed by atoms with Crippen LogP contribution in [0.3, 0.4) is 0 Å². The van der Waals surface area contributed by atoms with Crippen molar-refractivity contribution in [3.8, 4) is 11.8 Å². The fourth-order valence-electron chi connectivity index (χ4n) is 2.70. The Morgan fingerprint density at radius 3 is 2.21 bits per heavy atom. The van der Waals surface area contributed by atoms with Gasteiger partial charge in [-0.2, -0.15) is 5.26 Å². The number of amides is 2. The fraction of sp³-hybridized carbons (Fsp3) is 0.318. The number of rotatable bonds is 10. The number of nitriles is 1. The zero-order chi connectivity index (χ0) is 21.1. The molecular formula is C22H26N4O3. The van der Waals surface area contributed by atoms with E-state index >= 15 is 0 Å². The average molecular weight is 394 g/mol. The zero-order valence-electron chi connectivity index (χ0n) is 16.8. The van der Waals surface area contributed by atoms with Crippen LogP contribution in [0.1, 0.15) is 25.8 Å². The van der Waals surface area contributed by atoms with Crippen LogP contribution in [0.25, 0.3) is 0 Å². The first-order valence-corrected chi connectivity index (χ1v) is 9.53. The largest absolute Gasteiger partial charge is 0.494 e. The van der Waals surface area contributed by atoms with Gasteiger partial charge in [0.2, 0.25) is 11.8 Å². The highest BCUT2D eigenvalue weighted by molar-refractivity contribution is 5.93. The summed E-state index contributed by atoms with van der Waals surface area (Å²) in [5, 5.41) is 14.3. The number of carbonyl (C=O) groups is 2. The van der Waals surface area contributed by atoms with Gasteiger partial charge in [-0.3, -0.25) is 14.5 Å². The fourth-order valence-corrected chi connectivity index (χ4v) is 2.70. The van der Waals surface area contributed by atoms with Gasteiger partial charge >= 0.3 is 0 Å². The average Bonchev–Trinajstić information content (AvgIpc) is 2.71. The molecule has 152 valence electrons. The van der Waals surface area contributed by atoms with E-state index in [2.05, 4.69) is 16.7 Å². The molecule has 0 aliphatic carbocycles. The second-order valence-corrected chi connectivity index (χ2v) is 6.51. The van der Waals surface area contributed by atoms with Crippen LogP contribution in [0.5, 0.6) is 5.75 Å². The van der Waals surface area contributed by atoms with Crippen molar-refractivity contribution < 1.29 is 14.3 Å². The highest BCUT2D eigenvalue weighted by Crippen LogP contribution is 2.14. The van der Waals surface area contributed by atoms with Crippen LogP contribution in [-0.2, 0) is 9.59 Å². The maximum Gasteiger partial charge on any atom is 0.238 e. The molecule has 2 aromatic carbocycles. The van der Waals surface area contributed by atoms with E-state index in [1.165, 1.54) is 6.92 Å². The second-order valence-electron chi connectivity index (χ2n) is 6.51. The van der Waals surface area contributed by atoms with Gasteiger partial charge in [0.1, 0.15) is 5.75 Å². The molecule has 0 aliphatic heterocycles. The number of benzene rings is 2. The van der Waals surface area contributed by atoms with Gasteiger partial charge in [0.15, 0.2) is 0 Å². The van der Waals surface area contributed by atoms with Crippen molar-refractivity contribution in [3.63, 3.8) is 0 Å². The molecule has 2 aromatic rings. The van der Waals surface area contributed by atoms with Crippen molar-refractivity contribution in [2.24, 2.45) is 0 Å². The molecule has 0 aliphatic rings. The van der Waals surface area contributed by atoms with Gasteiger partial charge < -0.3 is 15.4 Å². The van der Waals surface area contributed by atoms with Gasteiger partial charge in [0, 0.05) is 24.8 Å². The molecule has 29 heavy (non-hydrogen) atoms. The number of hydrogen-bond donors (Lipinski definition) is 2. The minimum atomic E-state index is -0.136. The molecule has 2 N–H and O–H groups in total. The Hall–Kier alpha value is -3.37. The monoisotopic (exact) mass is 394 g/mol. The van der Waals surface area contributed by atoms with Gasteiger partial charge in [0.05, 0.1) is 24.8 Å². The number of carbonyl (C=O) groups excluding carboxylic acids is 2. The van der Waals surface area contributed by atoms with Gasteiger partial charge in [-0.25, -0.2) is 0 Å². The normalized spacial score (nSPS) is 10.3. The van der Waals surface area contributed by atoms with Gasteiger partial charge in [-0.15, -0.1) is 0 Å². The summed E-state index contributed by atoms with van der Waals surface area (Å²) in [5.74, 6) is 0.503. The van der Waals surface area contributed by atoms with Crippen LogP contribution < -0.4 is 15.4 Å². The molecule has 0 atom stereocenters. The molecular weight excluding hydrogens is 368 g/mol. The van der Waals surface area contributed by atoms with E-state index in [1.807, 2.05) is 11.8 Å². The summed E-state index contributed by atoms with van der Waals surface area (Å²) in [6, 6.07) is 16.1. The second kappa shape index (κ2) is 11.5. The predicted molar refractivity (Wildman–Crippen MR) is 113 cm³/mol. The van der Waals surface area contributed by atoms with Crippen LogP contribution in [-0.4, -0.2) is 43.0 Å². The number of likely N-dealkylation sites (N-methyl/N-ethyl adjacent to an activating group) is 1. The van der Waals surface area contributed by atoms with Crippen molar-refractivity contribution >= 4 is 23.2 Å². The third-order valence-electron chi connectivity index (χ3n) is 4.17. The number of nitrogens with zero attached hydrogens (tertiary/aromatic N) is 2. The molecule has 0 spiro atoms. The summed E-state index contributed by atoms with van der Waals surface area (Å²) in [6.07, 6.45) is 0.784. The Morgan fingerprint density at radius 2 is 1.66 bits per heavy atom. The minimum Gasteiger partial charge on any atom is -0.494 e. The maximum absolute atomic E-state index is 12.3. The van der Waals surface area contributed by atoms with Crippen LogP contribution in [0.2, 0.25) is 0 Å². The zero-order valence-corrected chi connectivity index (χ0v) is 16.8. The van der Waals surface area contributed by atoms with Crippen LogP contribution >= 0.6 is 0 Å². The van der Waals surface area contributed by atoms with Crippen molar-refractivity contribution in [2.75, 3.05) is 36.9 Å². The lowest BCUT2D eigenvalue weighted by Crippen LogP contribution is -2.34. The van der Waals surface area contributed by atoms with Crippen LogP contribution in [0, 0.1) is 11.3 Å². The Labute approximate surface area is 171 Å². The Balaban J connectivity index is 1.71. The van der Waals surface area contributed by atoms with E-state index in [1.54, 1.807) is 48.5 Å². The van der Waals surface area contributed by atoms with Gasteiger partial charge in [-0.1, -0.05) is 6.92 Å². The summed E-state index contributed by atoms with van der Waals surface area (Å²) in [7, 11) is 0. The first-order chi connectivity index (χ1) is 14.0. The maximum atomic E-state index is 12.3. The van der Waals surface area contributed by atoms with E-state index in [0.29, 0.717) is 30.1 Å². The van der Waals surface area contributed by atoms with E-state index < -0.39 is 0 Å². The molecule has 7 heteroatoms. The van der Waals surface area contributed by atoms with E-state index in [-0.39, 0.29) is 11.8 Å². The molecule has 0 heterocycles. The molecule has 0 fully saturated rings.